The number of carbonyl (C=O) groups excluding carboxylic acids is 1. The number of ether oxygens (including phenoxy) is 1. The monoisotopic (exact) mass is 268 g/mol. The van der Waals surface area contributed by atoms with E-state index in [2.05, 4.69) is 17.5 Å². The smallest absolute Gasteiger partial charge is 0.334 e. The molecule has 2 amide bonds. The van der Waals surface area contributed by atoms with E-state index >= 15 is 0 Å². The molecule has 1 aliphatic carbocycles. The molecule has 2 unspecified atom stereocenters. The molecule has 0 radical (unpaired) electrons. The van der Waals surface area contributed by atoms with Gasteiger partial charge in [-0.1, -0.05) is 12.2 Å². The van der Waals surface area contributed by atoms with Gasteiger partial charge in [-0.3, -0.25) is 0 Å². The third-order valence-corrected chi connectivity index (χ3v) is 3.55. The first-order valence-electron chi connectivity index (χ1n) is 6.69. The number of rotatable bonds is 3. The Morgan fingerprint density at radius 3 is 2.95 bits per heavy atom. The summed E-state index contributed by atoms with van der Waals surface area (Å²) >= 11 is 0. The molecule has 0 aromatic carbocycles. The van der Waals surface area contributed by atoms with Gasteiger partial charge in [0.15, 0.2) is 6.10 Å². The van der Waals surface area contributed by atoms with E-state index in [1.165, 1.54) is 4.90 Å². The van der Waals surface area contributed by atoms with Crippen LogP contribution in [0.25, 0.3) is 0 Å². The van der Waals surface area contributed by atoms with Crippen LogP contribution in [0.3, 0.4) is 0 Å². The molecule has 0 spiro atoms. The average molecular weight is 268 g/mol. The molecule has 0 saturated carbocycles. The van der Waals surface area contributed by atoms with Gasteiger partial charge in [0.05, 0.1) is 13.2 Å². The fourth-order valence-corrected chi connectivity index (χ4v) is 2.37. The first kappa shape index (κ1) is 13.9. The molecular weight excluding hydrogens is 248 g/mol. The van der Waals surface area contributed by atoms with Gasteiger partial charge in [0.25, 0.3) is 0 Å². The second-order valence-corrected chi connectivity index (χ2v) is 4.98. The van der Waals surface area contributed by atoms with Crippen molar-refractivity contribution < 1.29 is 19.4 Å². The van der Waals surface area contributed by atoms with Crippen LogP contribution in [-0.4, -0.2) is 54.4 Å². The lowest BCUT2D eigenvalue weighted by atomic mass is 9.94. The molecule has 106 valence electrons. The molecule has 2 aliphatic rings. The number of carboxylic acids is 1. The second-order valence-electron chi connectivity index (χ2n) is 4.98. The van der Waals surface area contributed by atoms with E-state index in [1.54, 1.807) is 0 Å². The molecule has 0 aromatic heterocycles. The summed E-state index contributed by atoms with van der Waals surface area (Å²) in [5.41, 5.74) is 0. The number of hydrogen-bond acceptors (Lipinski definition) is 3. The highest BCUT2D eigenvalue weighted by Crippen LogP contribution is 2.17. The molecule has 0 aromatic rings. The van der Waals surface area contributed by atoms with Crippen molar-refractivity contribution in [3.8, 4) is 0 Å². The fourth-order valence-electron chi connectivity index (χ4n) is 2.37. The highest BCUT2D eigenvalue weighted by molar-refractivity contribution is 5.77. The van der Waals surface area contributed by atoms with Crippen LogP contribution in [-0.2, 0) is 9.53 Å². The first-order chi connectivity index (χ1) is 9.16. The molecule has 1 saturated heterocycles. The third-order valence-electron chi connectivity index (χ3n) is 3.55. The minimum atomic E-state index is -1.02. The molecule has 2 N–H and O–H groups in total. The largest absolute Gasteiger partial charge is 0.479 e. The van der Waals surface area contributed by atoms with Gasteiger partial charge < -0.3 is 20.1 Å². The molecule has 6 nitrogen and oxygen atoms in total. The van der Waals surface area contributed by atoms with Gasteiger partial charge in [0.2, 0.25) is 0 Å². The minimum Gasteiger partial charge on any atom is -0.479 e. The Labute approximate surface area is 112 Å². The number of urea groups is 1. The zero-order valence-corrected chi connectivity index (χ0v) is 10.9. The lowest BCUT2D eigenvalue weighted by molar-refractivity contribution is -0.154. The maximum atomic E-state index is 12.0. The predicted molar refractivity (Wildman–Crippen MR) is 68.8 cm³/mol. The van der Waals surface area contributed by atoms with Gasteiger partial charge in [-0.05, 0) is 25.2 Å². The van der Waals surface area contributed by atoms with Crippen LogP contribution in [0.15, 0.2) is 12.2 Å². The summed E-state index contributed by atoms with van der Waals surface area (Å²) < 4.78 is 5.08. The zero-order chi connectivity index (χ0) is 13.7. The molecule has 0 bridgehead atoms. The van der Waals surface area contributed by atoms with E-state index in [4.69, 9.17) is 9.84 Å². The molecule has 2 atom stereocenters. The maximum absolute atomic E-state index is 12.0. The molecule has 1 heterocycles. The van der Waals surface area contributed by atoms with E-state index in [1.807, 2.05) is 0 Å². The highest BCUT2D eigenvalue weighted by atomic mass is 16.5. The quantitative estimate of drug-likeness (QED) is 0.743. The summed E-state index contributed by atoms with van der Waals surface area (Å²) in [7, 11) is 0. The van der Waals surface area contributed by atoms with Crippen LogP contribution in [0.1, 0.15) is 19.3 Å². The van der Waals surface area contributed by atoms with Gasteiger partial charge in [0, 0.05) is 13.1 Å². The number of nitrogens with zero attached hydrogens (tertiary/aromatic N) is 1. The van der Waals surface area contributed by atoms with Crippen molar-refractivity contribution in [1.82, 2.24) is 10.2 Å². The summed E-state index contributed by atoms with van der Waals surface area (Å²) in [5, 5.41) is 11.8. The average Bonchev–Trinajstić information content (AvgIpc) is 2.46. The Morgan fingerprint density at radius 1 is 1.42 bits per heavy atom. The number of allylic oxidation sites excluding steroid dienone is 2. The molecular formula is C13H20N2O4. The lowest BCUT2D eigenvalue weighted by Crippen LogP contribution is -2.52. The predicted octanol–water partition coefficient (Wildman–Crippen LogP) is 0.838. The van der Waals surface area contributed by atoms with Crippen molar-refractivity contribution in [2.45, 2.75) is 25.4 Å². The topological polar surface area (TPSA) is 78.9 Å². The number of hydrogen-bond donors (Lipinski definition) is 2. The third kappa shape index (κ3) is 3.96. The molecule has 6 heteroatoms. The Kier molecular flexibility index (Phi) is 4.79. The highest BCUT2D eigenvalue weighted by Gasteiger charge is 2.29. The number of carbonyl (C=O) groups is 2. The van der Waals surface area contributed by atoms with Gasteiger partial charge >= 0.3 is 12.0 Å². The van der Waals surface area contributed by atoms with Crippen molar-refractivity contribution in [2.24, 2.45) is 5.92 Å². The van der Waals surface area contributed by atoms with Crippen LogP contribution in [0.4, 0.5) is 4.79 Å². The van der Waals surface area contributed by atoms with Crippen LogP contribution in [0, 0.1) is 5.92 Å². The van der Waals surface area contributed by atoms with E-state index < -0.39 is 12.1 Å². The lowest BCUT2D eigenvalue weighted by Gasteiger charge is -2.31. The number of carboxylic acid groups (broad SMARTS) is 1. The maximum Gasteiger partial charge on any atom is 0.334 e. The summed E-state index contributed by atoms with van der Waals surface area (Å²) in [6, 6.07) is -0.191. The van der Waals surface area contributed by atoms with Gasteiger partial charge in [0.1, 0.15) is 0 Å². The van der Waals surface area contributed by atoms with Crippen molar-refractivity contribution in [3.05, 3.63) is 12.2 Å². The van der Waals surface area contributed by atoms with Crippen LogP contribution < -0.4 is 5.32 Å². The van der Waals surface area contributed by atoms with E-state index in [0.717, 1.165) is 19.3 Å². The fraction of sp³-hybridized carbons (Fsp3) is 0.692. The standard InChI is InChI=1S/C13H20N2O4/c16-12(17)11-9-15(6-7-19-11)13(18)14-8-10-4-2-1-3-5-10/h1-2,10-11H,3-9H2,(H,14,18)(H,16,17). The van der Waals surface area contributed by atoms with Crippen molar-refractivity contribution in [3.63, 3.8) is 0 Å². The van der Waals surface area contributed by atoms with Gasteiger partial charge in [-0.25, -0.2) is 9.59 Å². The number of nitrogens with one attached hydrogen (secondary N) is 1. The van der Waals surface area contributed by atoms with Gasteiger partial charge in [-0.15, -0.1) is 0 Å². The normalized spacial score (nSPS) is 27.1. The Balaban J connectivity index is 1.76. The van der Waals surface area contributed by atoms with Crippen LogP contribution in [0.2, 0.25) is 0 Å². The Hall–Kier alpha value is -1.56. The Bertz CT molecular complexity index is 370. The van der Waals surface area contributed by atoms with E-state index in [-0.39, 0.29) is 19.2 Å². The summed E-state index contributed by atoms with van der Waals surface area (Å²) in [6.45, 7) is 1.49. The SMILES string of the molecule is O=C(O)C1CN(C(=O)NCC2CC=CCC2)CCO1. The van der Waals surface area contributed by atoms with E-state index in [0.29, 0.717) is 19.0 Å². The number of aliphatic carboxylic acids is 1. The summed E-state index contributed by atoms with van der Waals surface area (Å²) in [4.78, 5) is 24.3. The second kappa shape index (κ2) is 6.56. The number of morpholine rings is 1. The summed E-state index contributed by atoms with van der Waals surface area (Å²) in [5.74, 6) is -0.528. The van der Waals surface area contributed by atoms with Crippen LogP contribution >= 0.6 is 0 Å². The molecule has 2 rings (SSSR count). The molecule has 19 heavy (non-hydrogen) atoms. The molecule has 1 aliphatic heterocycles. The minimum absolute atomic E-state index is 0.117. The first-order valence-corrected chi connectivity index (χ1v) is 6.69. The van der Waals surface area contributed by atoms with Crippen LogP contribution in [0.5, 0.6) is 0 Å². The van der Waals surface area contributed by atoms with E-state index in [9.17, 15) is 9.59 Å². The van der Waals surface area contributed by atoms with Crippen molar-refractivity contribution in [1.29, 1.82) is 0 Å². The van der Waals surface area contributed by atoms with Crippen molar-refractivity contribution in [2.75, 3.05) is 26.2 Å². The number of amides is 2. The van der Waals surface area contributed by atoms with Gasteiger partial charge in [-0.2, -0.15) is 0 Å². The summed E-state index contributed by atoms with van der Waals surface area (Å²) in [6.07, 6.45) is 6.57. The Morgan fingerprint density at radius 2 is 2.26 bits per heavy atom. The molecule has 1 fully saturated rings. The zero-order valence-electron chi connectivity index (χ0n) is 10.9. The van der Waals surface area contributed by atoms with Crippen molar-refractivity contribution >= 4 is 12.0 Å².